The lowest BCUT2D eigenvalue weighted by Crippen LogP contribution is -2.17. The first-order chi connectivity index (χ1) is 8.79. The maximum atomic E-state index is 5.43. The first-order valence-electron chi connectivity index (χ1n) is 6.47. The van der Waals surface area contributed by atoms with Gasteiger partial charge in [-0.2, -0.15) is 0 Å². The predicted octanol–water partition coefficient (Wildman–Crippen LogP) is 3.14. The first kappa shape index (κ1) is 11.3. The fraction of sp³-hybridized carbons (Fsp3) is 0.400. The van der Waals surface area contributed by atoms with Gasteiger partial charge in [-0.3, -0.25) is 0 Å². The zero-order valence-corrected chi connectivity index (χ0v) is 10.9. The van der Waals surface area contributed by atoms with Gasteiger partial charge >= 0.3 is 0 Å². The Balaban J connectivity index is 2.08. The number of benzene rings is 1. The van der Waals surface area contributed by atoms with Crippen molar-refractivity contribution in [2.75, 3.05) is 7.11 Å². The Morgan fingerprint density at radius 3 is 3.00 bits per heavy atom. The zero-order valence-electron chi connectivity index (χ0n) is 10.9. The number of methoxy groups -OCH3 is 1. The molecule has 1 aromatic carbocycles. The van der Waals surface area contributed by atoms with Crippen LogP contribution in [-0.4, -0.2) is 16.7 Å². The van der Waals surface area contributed by atoms with Crippen molar-refractivity contribution < 1.29 is 4.74 Å². The third-order valence-corrected chi connectivity index (χ3v) is 3.69. The van der Waals surface area contributed by atoms with E-state index in [1.54, 1.807) is 7.11 Å². The van der Waals surface area contributed by atoms with E-state index in [9.17, 15) is 0 Å². The summed E-state index contributed by atoms with van der Waals surface area (Å²) in [6.07, 6.45) is 4.37. The van der Waals surface area contributed by atoms with Crippen LogP contribution in [0.15, 0.2) is 30.5 Å². The van der Waals surface area contributed by atoms with Crippen molar-refractivity contribution in [2.45, 2.75) is 26.3 Å². The Morgan fingerprint density at radius 1 is 1.33 bits per heavy atom. The van der Waals surface area contributed by atoms with Crippen LogP contribution in [-0.2, 0) is 13.0 Å². The summed E-state index contributed by atoms with van der Waals surface area (Å²) in [6, 6.07) is 8.09. The van der Waals surface area contributed by atoms with Crippen LogP contribution < -0.4 is 4.74 Å². The van der Waals surface area contributed by atoms with Gasteiger partial charge < -0.3 is 9.30 Å². The van der Waals surface area contributed by atoms with Crippen molar-refractivity contribution in [3.63, 3.8) is 0 Å². The Morgan fingerprint density at radius 2 is 2.17 bits per heavy atom. The molecular formula is C15H18N2O. The van der Waals surface area contributed by atoms with Crippen molar-refractivity contribution in [2.24, 2.45) is 5.92 Å². The molecule has 3 nitrogen and oxygen atoms in total. The third kappa shape index (κ3) is 1.80. The Bertz CT molecular complexity index is 559. The molecule has 2 aromatic rings. The van der Waals surface area contributed by atoms with E-state index in [1.807, 2.05) is 24.4 Å². The van der Waals surface area contributed by atoms with Crippen LogP contribution in [0.1, 0.15) is 19.0 Å². The summed E-state index contributed by atoms with van der Waals surface area (Å²) >= 11 is 0. The number of para-hydroxylation sites is 1. The molecule has 0 N–H and O–H groups in total. The van der Waals surface area contributed by atoms with Crippen LogP contribution in [0.3, 0.4) is 0 Å². The quantitative estimate of drug-likeness (QED) is 0.809. The van der Waals surface area contributed by atoms with Crippen molar-refractivity contribution in [3.8, 4) is 17.1 Å². The lowest BCUT2D eigenvalue weighted by atomic mass is 9.98. The molecule has 3 heteroatoms. The maximum absolute atomic E-state index is 5.43. The van der Waals surface area contributed by atoms with Crippen LogP contribution >= 0.6 is 0 Å². The molecule has 0 bridgehead atoms. The highest BCUT2D eigenvalue weighted by Gasteiger charge is 2.20. The van der Waals surface area contributed by atoms with Gasteiger partial charge in [0.1, 0.15) is 11.6 Å². The number of ether oxygens (including phenoxy) is 1. The van der Waals surface area contributed by atoms with Crippen LogP contribution in [0, 0.1) is 5.92 Å². The molecule has 18 heavy (non-hydrogen) atoms. The van der Waals surface area contributed by atoms with E-state index in [0.29, 0.717) is 0 Å². The highest BCUT2D eigenvalue weighted by molar-refractivity contribution is 5.65. The van der Waals surface area contributed by atoms with Crippen molar-refractivity contribution >= 4 is 0 Å². The van der Waals surface area contributed by atoms with Gasteiger partial charge in [-0.15, -0.1) is 0 Å². The Kier molecular flexibility index (Phi) is 2.82. The predicted molar refractivity (Wildman–Crippen MR) is 71.7 cm³/mol. The molecule has 0 radical (unpaired) electrons. The normalized spacial score (nSPS) is 18.4. The molecule has 1 aliphatic heterocycles. The molecule has 0 amide bonds. The van der Waals surface area contributed by atoms with Crippen molar-refractivity contribution in [1.82, 2.24) is 9.55 Å². The van der Waals surface area contributed by atoms with Gasteiger partial charge in [0.15, 0.2) is 0 Å². The standard InChI is InChI=1S/C15H18N2O/c1-11-7-8-17-12(9-11)10-16-15(17)13-5-3-4-6-14(13)18-2/h3-6,10-11H,7-9H2,1-2H3. The number of hydrogen-bond acceptors (Lipinski definition) is 2. The van der Waals surface area contributed by atoms with Gasteiger partial charge in [0.25, 0.3) is 0 Å². The molecule has 2 heterocycles. The number of aromatic nitrogens is 2. The van der Waals surface area contributed by atoms with E-state index in [2.05, 4.69) is 22.5 Å². The van der Waals surface area contributed by atoms with E-state index in [4.69, 9.17) is 4.74 Å². The average Bonchev–Trinajstić information content (AvgIpc) is 2.81. The largest absolute Gasteiger partial charge is 0.496 e. The van der Waals surface area contributed by atoms with E-state index in [-0.39, 0.29) is 0 Å². The summed E-state index contributed by atoms with van der Waals surface area (Å²) in [4.78, 5) is 4.59. The molecule has 0 fully saturated rings. The second-order valence-electron chi connectivity index (χ2n) is 5.02. The van der Waals surface area contributed by atoms with Gasteiger partial charge in [-0.1, -0.05) is 19.1 Å². The summed E-state index contributed by atoms with van der Waals surface area (Å²) in [6.45, 7) is 3.36. The lowest BCUT2D eigenvalue weighted by molar-refractivity contribution is 0.410. The monoisotopic (exact) mass is 242 g/mol. The maximum Gasteiger partial charge on any atom is 0.143 e. The molecule has 1 aromatic heterocycles. The van der Waals surface area contributed by atoms with Gasteiger partial charge in [0.2, 0.25) is 0 Å². The first-order valence-corrected chi connectivity index (χ1v) is 6.47. The van der Waals surface area contributed by atoms with Crippen molar-refractivity contribution in [1.29, 1.82) is 0 Å². The third-order valence-electron chi connectivity index (χ3n) is 3.69. The minimum absolute atomic E-state index is 0.764. The topological polar surface area (TPSA) is 27.1 Å². The molecule has 0 aliphatic carbocycles. The van der Waals surface area contributed by atoms with Crippen molar-refractivity contribution in [3.05, 3.63) is 36.2 Å². The van der Waals surface area contributed by atoms with Gasteiger partial charge in [0, 0.05) is 18.4 Å². The highest BCUT2D eigenvalue weighted by Crippen LogP contribution is 2.32. The van der Waals surface area contributed by atoms with E-state index in [0.717, 1.165) is 36.0 Å². The summed E-state index contributed by atoms with van der Waals surface area (Å²) in [5.41, 5.74) is 2.43. The summed E-state index contributed by atoms with van der Waals surface area (Å²) in [7, 11) is 1.71. The Hall–Kier alpha value is -1.77. The minimum atomic E-state index is 0.764. The van der Waals surface area contributed by atoms with Gasteiger partial charge in [0.05, 0.1) is 12.7 Å². The second kappa shape index (κ2) is 4.48. The van der Waals surface area contributed by atoms with E-state index < -0.39 is 0 Å². The van der Waals surface area contributed by atoms with E-state index in [1.165, 1.54) is 12.1 Å². The SMILES string of the molecule is COc1ccccc1-c1ncc2n1CCC(C)C2. The molecule has 0 spiro atoms. The number of rotatable bonds is 2. The smallest absolute Gasteiger partial charge is 0.143 e. The Labute approximate surface area is 107 Å². The molecule has 0 saturated carbocycles. The van der Waals surface area contributed by atoms with Gasteiger partial charge in [-0.05, 0) is 30.9 Å². The molecule has 1 aliphatic rings. The number of imidazole rings is 1. The van der Waals surface area contributed by atoms with Crippen LogP contribution in [0.25, 0.3) is 11.4 Å². The van der Waals surface area contributed by atoms with Gasteiger partial charge in [-0.25, -0.2) is 4.98 Å². The molecule has 1 atom stereocenters. The lowest BCUT2D eigenvalue weighted by Gasteiger charge is -2.22. The zero-order chi connectivity index (χ0) is 12.5. The molecule has 3 rings (SSSR count). The van der Waals surface area contributed by atoms with Crippen LogP contribution in [0.4, 0.5) is 0 Å². The fourth-order valence-corrected chi connectivity index (χ4v) is 2.68. The summed E-state index contributed by atoms with van der Waals surface area (Å²) in [5, 5.41) is 0. The minimum Gasteiger partial charge on any atom is -0.496 e. The fourth-order valence-electron chi connectivity index (χ4n) is 2.68. The molecule has 0 saturated heterocycles. The molecule has 94 valence electrons. The highest BCUT2D eigenvalue weighted by atomic mass is 16.5. The van der Waals surface area contributed by atoms with Crippen LogP contribution in [0.5, 0.6) is 5.75 Å². The molecular weight excluding hydrogens is 224 g/mol. The number of nitrogens with zero attached hydrogens (tertiary/aromatic N) is 2. The number of fused-ring (bicyclic) bond motifs is 1. The van der Waals surface area contributed by atoms with Crippen LogP contribution in [0.2, 0.25) is 0 Å². The molecule has 1 unspecified atom stereocenters. The average molecular weight is 242 g/mol. The second-order valence-corrected chi connectivity index (χ2v) is 5.02. The number of hydrogen-bond donors (Lipinski definition) is 0. The summed E-state index contributed by atoms with van der Waals surface area (Å²) in [5.74, 6) is 2.69. The summed E-state index contributed by atoms with van der Waals surface area (Å²) < 4.78 is 7.76. The van der Waals surface area contributed by atoms with E-state index >= 15 is 0 Å².